The molecule has 1 aliphatic heterocycles. The summed E-state index contributed by atoms with van der Waals surface area (Å²) >= 11 is 0. The van der Waals surface area contributed by atoms with Crippen LogP contribution in [0.1, 0.15) is 24.2 Å². The summed E-state index contributed by atoms with van der Waals surface area (Å²) in [4.78, 5) is 17.2. The van der Waals surface area contributed by atoms with Gasteiger partial charge >= 0.3 is 6.18 Å². The molecule has 10 heteroatoms. The summed E-state index contributed by atoms with van der Waals surface area (Å²) in [6.45, 7) is 0.933. The number of H-pyrrole nitrogens is 1. The van der Waals surface area contributed by atoms with Gasteiger partial charge < -0.3 is 19.3 Å². The topological polar surface area (TPSA) is 80.8 Å². The molecule has 0 saturated carbocycles. The van der Waals surface area contributed by atoms with Crippen LogP contribution in [0.25, 0.3) is 11.0 Å². The van der Waals surface area contributed by atoms with Crippen molar-refractivity contribution in [3.63, 3.8) is 0 Å². The van der Waals surface area contributed by atoms with Crippen molar-refractivity contribution in [2.24, 2.45) is 4.99 Å². The van der Waals surface area contributed by atoms with E-state index in [9.17, 15) is 13.2 Å². The summed E-state index contributed by atoms with van der Waals surface area (Å²) < 4.78 is 48.4. The smallest absolute Gasteiger partial charge is 0.425 e. The van der Waals surface area contributed by atoms with Crippen LogP contribution in [0.4, 0.5) is 13.2 Å². The molecule has 0 bridgehead atoms. The van der Waals surface area contributed by atoms with Gasteiger partial charge in [-0.15, -0.1) is 5.48 Å². The number of aromatic amines is 1. The second kappa shape index (κ2) is 7.28. The number of hydroxylamine groups is 1. The number of aromatic nitrogens is 2. The molecule has 3 aromatic rings. The number of imidazole rings is 1. The van der Waals surface area contributed by atoms with Gasteiger partial charge in [0.2, 0.25) is 5.90 Å². The molecule has 7 nitrogen and oxygen atoms in total. The van der Waals surface area contributed by atoms with Gasteiger partial charge in [0.05, 0.1) is 24.5 Å². The average molecular weight is 406 g/mol. The van der Waals surface area contributed by atoms with E-state index in [2.05, 4.69) is 20.4 Å². The number of ether oxygens (including phenoxy) is 2. The van der Waals surface area contributed by atoms with E-state index in [4.69, 9.17) is 14.3 Å². The Morgan fingerprint density at radius 1 is 1.14 bits per heavy atom. The summed E-state index contributed by atoms with van der Waals surface area (Å²) in [5, 5.41) is 0. The van der Waals surface area contributed by atoms with E-state index >= 15 is 0 Å². The number of fused-ring (bicyclic) bond motifs is 1. The van der Waals surface area contributed by atoms with Crippen molar-refractivity contribution in [3.8, 4) is 11.5 Å². The third kappa shape index (κ3) is 3.83. The van der Waals surface area contributed by atoms with Gasteiger partial charge in [-0.05, 0) is 42.8 Å². The Balaban J connectivity index is 1.57. The van der Waals surface area contributed by atoms with E-state index in [0.29, 0.717) is 5.56 Å². The van der Waals surface area contributed by atoms with Gasteiger partial charge in [0, 0.05) is 5.56 Å². The predicted octanol–water partition coefficient (Wildman–Crippen LogP) is 3.88. The fourth-order valence-corrected chi connectivity index (χ4v) is 2.84. The SMILES string of the molecule is COc1cc(C2=NC(c3ccc4nc[nH]c4c3)NO2)ccc1OC(C)C(F)(F)F. The minimum Gasteiger partial charge on any atom is -0.493 e. The Bertz CT molecular complexity index is 1060. The highest BCUT2D eigenvalue weighted by atomic mass is 19.4. The van der Waals surface area contributed by atoms with Crippen molar-refractivity contribution >= 4 is 16.9 Å². The number of benzene rings is 2. The molecule has 1 aliphatic rings. The standard InChI is InChI=1S/C19H17F3N4O3/c1-10(19(20,21)22)28-15-6-4-12(8-16(15)27-2)18-25-17(26-29-18)11-3-5-13-14(7-11)24-9-23-13/h3-10,17,26H,1-2H3,(H,23,24). The number of nitrogens with one attached hydrogen (secondary N) is 2. The van der Waals surface area contributed by atoms with Gasteiger partial charge in [-0.2, -0.15) is 13.2 Å². The van der Waals surface area contributed by atoms with E-state index in [-0.39, 0.29) is 17.4 Å². The highest BCUT2D eigenvalue weighted by Gasteiger charge is 2.38. The Morgan fingerprint density at radius 3 is 2.72 bits per heavy atom. The molecular weight excluding hydrogens is 389 g/mol. The molecule has 2 heterocycles. The molecule has 4 rings (SSSR count). The van der Waals surface area contributed by atoms with Crippen molar-refractivity contribution < 1.29 is 27.5 Å². The van der Waals surface area contributed by atoms with Gasteiger partial charge in [0.25, 0.3) is 0 Å². The molecule has 2 N–H and O–H groups in total. The molecule has 0 spiro atoms. The Morgan fingerprint density at radius 2 is 1.97 bits per heavy atom. The highest BCUT2D eigenvalue weighted by Crippen LogP contribution is 2.33. The fourth-order valence-electron chi connectivity index (χ4n) is 2.84. The van der Waals surface area contributed by atoms with Crippen molar-refractivity contribution in [3.05, 3.63) is 53.9 Å². The molecule has 152 valence electrons. The second-order valence-corrected chi connectivity index (χ2v) is 6.40. The summed E-state index contributed by atoms with van der Waals surface area (Å²) in [5.41, 5.74) is 5.93. The Kier molecular flexibility index (Phi) is 4.79. The minimum atomic E-state index is -4.48. The number of nitrogens with zero attached hydrogens (tertiary/aromatic N) is 2. The largest absolute Gasteiger partial charge is 0.493 e. The van der Waals surface area contributed by atoms with Gasteiger partial charge in [0.15, 0.2) is 23.8 Å². The van der Waals surface area contributed by atoms with E-state index in [1.807, 2.05) is 18.2 Å². The first-order chi connectivity index (χ1) is 13.8. The lowest BCUT2D eigenvalue weighted by molar-refractivity contribution is -0.189. The van der Waals surface area contributed by atoms with Crippen LogP contribution in [0.15, 0.2) is 47.7 Å². The maximum atomic E-state index is 12.8. The normalized spacial score (nSPS) is 17.7. The molecule has 0 amide bonds. The fraction of sp³-hybridized carbons (Fsp3) is 0.263. The van der Waals surface area contributed by atoms with Crippen LogP contribution in [0.2, 0.25) is 0 Å². The molecule has 29 heavy (non-hydrogen) atoms. The zero-order valence-corrected chi connectivity index (χ0v) is 15.4. The van der Waals surface area contributed by atoms with Crippen LogP contribution < -0.4 is 15.0 Å². The quantitative estimate of drug-likeness (QED) is 0.672. The molecule has 2 unspecified atom stereocenters. The lowest BCUT2D eigenvalue weighted by atomic mass is 10.1. The molecule has 0 fully saturated rings. The first-order valence-corrected chi connectivity index (χ1v) is 8.70. The van der Waals surface area contributed by atoms with Crippen LogP contribution in [0.5, 0.6) is 11.5 Å². The number of aliphatic imine (C=N–C) groups is 1. The van der Waals surface area contributed by atoms with Crippen molar-refractivity contribution in [1.29, 1.82) is 0 Å². The average Bonchev–Trinajstić information content (AvgIpc) is 3.36. The van der Waals surface area contributed by atoms with E-state index in [0.717, 1.165) is 23.5 Å². The maximum Gasteiger partial charge on any atom is 0.425 e. The lowest BCUT2D eigenvalue weighted by Crippen LogP contribution is -2.31. The van der Waals surface area contributed by atoms with Gasteiger partial charge in [-0.25, -0.2) is 9.98 Å². The van der Waals surface area contributed by atoms with Crippen LogP contribution in [-0.2, 0) is 4.84 Å². The predicted molar refractivity (Wildman–Crippen MR) is 98.7 cm³/mol. The van der Waals surface area contributed by atoms with Gasteiger partial charge in [0.1, 0.15) is 0 Å². The first-order valence-electron chi connectivity index (χ1n) is 8.70. The monoisotopic (exact) mass is 406 g/mol. The van der Waals surface area contributed by atoms with E-state index in [1.165, 1.54) is 19.2 Å². The maximum absolute atomic E-state index is 12.8. The van der Waals surface area contributed by atoms with E-state index < -0.39 is 18.4 Å². The second-order valence-electron chi connectivity index (χ2n) is 6.40. The van der Waals surface area contributed by atoms with Crippen molar-refractivity contribution in [2.45, 2.75) is 25.4 Å². The number of halogens is 3. The summed E-state index contributed by atoms with van der Waals surface area (Å²) in [7, 11) is 1.35. The van der Waals surface area contributed by atoms with Gasteiger partial charge in [-0.3, -0.25) is 0 Å². The van der Waals surface area contributed by atoms with Crippen LogP contribution >= 0.6 is 0 Å². The molecule has 2 aromatic carbocycles. The minimum absolute atomic E-state index is 0.0196. The van der Waals surface area contributed by atoms with Crippen LogP contribution in [-0.4, -0.2) is 35.3 Å². The number of methoxy groups -OCH3 is 1. The Hall–Kier alpha value is -3.27. The summed E-state index contributed by atoms with van der Waals surface area (Å²) in [5.74, 6) is 0.412. The molecular formula is C19H17F3N4O3. The zero-order valence-electron chi connectivity index (χ0n) is 15.4. The molecule has 0 radical (unpaired) electrons. The van der Waals surface area contributed by atoms with Crippen molar-refractivity contribution in [2.75, 3.05) is 7.11 Å². The van der Waals surface area contributed by atoms with Crippen LogP contribution in [0.3, 0.4) is 0 Å². The zero-order chi connectivity index (χ0) is 20.6. The Labute approximate surface area is 163 Å². The molecule has 1 aromatic heterocycles. The highest BCUT2D eigenvalue weighted by molar-refractivity contribution is 5.95. The number of rotatable bonds is 5. The number of hydrogen-bond acceptors (Lipinski definition) is 6. The summed E-state index contributed by atoms with van der Waals surface area (Å²) in [6, 6.07) is 10.1. The summed E-state index contributed by atoms with van der Waals surface area (Å²) in [6.07, 6.45) is -5.28. The molecule has 0 aliphatic carbocycles. The number of hydrogen-bond donors (Lipinski definition) is 2. The first kappa shape index (κ1) is 19.1. The van der Waals surface area contributed by atoms with E-state index in [1.54, 1.807) is 12.4 Å². The molecule has 0 saturated heterocycles. The van der Waals surface area contributed by atoms with Crippen LogP contribution in [0, 0.1) is 0 Å². The third-order valence-electron chi connectivity index (χ3n) is 4.45. The lowest BCUT2D eigenvalue weighted by Gasteiger charge is -2.19. The third-order valence-corrected chi connectivity index (χ3v) is 4.45. The number of alkyl halides is 3. The molecule has 2 atom stereocenters. The van der Waals surface area contributed by atoms with Crippen molar-refractivity contribution in [1.82, 2.24) is 15.4 Å². The van der Waals surface area contributed by atoms with Gasteiger partial charge in [-0.1, -0.05) is 6.07 Å².